The summed E-state index contributed by atoms with van der Waals surface area (Å²) in [5.74, 6) is 0.738. The smallest absolute Gasteiger partial charge is 0.119 e. The summed E-state index contributed by atoms with van der Waals surface area (Å²) in [5.41, 5.74) is 0. The highest BCUT2D eigenvalue weighted by molar-refractivity contribution is 5.21. The van der Waals surface area contributed by atoms with Gasteiger partial charge in [-0.1, -0.05) is 38.5 Å². The van der Waals surface area contributed by atoms with Crippen LogP contribution in [0.3, 0.4) is 0 Å². The minimum absolute atomic E-state index is 0.370. The summed E-state index contributed by atoms with van der Waals surface area (Å²) in [7, 11) is 0. The van der Waals surface area contributed by atoms with E-state index in [4.69, 9.17) is 7.48 Å². The molecule has 13 heavy (non-hydrogen) atoms. The highest BCUT2D eigenvalue weighted by atomic mass is 16.5. The van der Waals surface area contributed by atoms with Gasteiger partial charge in [-0.15, -0.1) is 0 Å². The van der Waals surface area contributed by atoms with Gasteiger partial charge in [-0.2, -0.15) is 0 Å². The molecule has 0 bridgehead atoms. The van der Waals surface area contributed by atoms with Gasteiger partial charge in [0.25, 0.3) is 0 Å². The highest BCUT2D eigenvalue weighted by Crippen LogP contribution is 2.14. The van der Waals surface area contributed by atoms with E-state index in [0.29, 0.717) is 0 Å². The van der Waals surface area contributed by atoms with Crippen molar-refractivity contribution in [2.45, 2.75) is 39.2 Å². The van der Waals surface area contributed by atoms with Crippen LogP contribution in [0.4, 0.5) is 0 Å². The zero-order valence-electron chi connectivity index (χ0n) is 10.3. The average molecular weight is 180 g/mol. The minimum Gasteiger partial charge on any atom is -0.490 e. The Balaban J connectivity index is 2.67. The lowest BCUT2D eigenvalue weighted by atomic mass is 10.1. The number of rotatable bonds is 5. The molecule has 1 unspecified atom stereocenters. The predicted octanol–water partition coefficient (Wildman–Crippen LogP) is 3.64. The van der Waals surface area contributed by atoms with Gasteiger partial charge < -0.3 is 4.74 Å². The first-order valence-corrected chi connectivity index (χ1v) is 4.75. The van der Waals surface area contributed by atoms with Crippen molar-refractivity contribution in [3.05, 3.63) is 30.3 Å². The predicted molar refractivity (Wildman–Crippen MR) is 56.1 cm³/mol. The van der Waals surface area contributed by atoms with Crippen molar-refractivity contribution in [2.75, 3.05) is 0 Å². The van der Waals surface area contributed by atoms with Gasteiger partial charge in [-0.05, 0) is 24.9 Å². The highest BCUT2D eigenvalue weighted by Gasteiger charge is 2.05. The molecule has 1 atom stereocenters. The first kappa shape index (κ1) is 7.43. The number of para-hydroxylation sites is 1. The van der Waals surface area contributed by atoms with E-state index >= 15 is 0 Å². The van der Waals surface area contributed by atoms with Crippen molar-refractivity contribution in [2.24, 2.45) is 0 Å². The van der Waals surface area contributed by atoms with Crippen LogP contribution in [0.25, 0.3) is 0 Å². The van der Waals surface area contributed by atoms with Crippen LogP contribution in [0.15, 0.2) is 30.3 Å². The average Bonchev–Trinajstić information content (AvgIpc) is 2.17. The molecule has 1 nitrogen and oxygen atoms in total. The molecule has 0 heterocycles. The van der Waals surface area contributed by atoms with Gasteiger partial charge in [-0.3, -0.25) is 0 Å². The molecule has 0 aliphatic carbocycles. The molecule has 0 radical (unpaired) electrons. The Bertz CT molecular complexity index is 279. The van der Waals surface area contributed by atoms with Crippen LogP contribution in [-0.2, 0) is 0 Å². The first-order valence-electron chi connectivity index (χ1n) is 5.75. The molecule has 0 aliphatic rings. The molecule has 0 fully saturated rings. The van der Waals surface area contributed by atoms with Crippen molar-refractivity contribution in [3.8, 4) is 5.75 Å². The molecule has 0 N–H and O–H groups in total. The molecule has 1 aromatic rings. The fourth-order valence-corrected chi connectivity index (χ4v) is 1.19. The van der Waals surface area contributed by atoms with E-state index < -0.39 is 6.37 Å². The Morgan fingerprint density at radius 3 is 2.54 bits per heavy atom. The monoisotopic (exact) mass is 180 g/mol. The second-order valence-corrected chi connectivity index (χ2v) is 3.00. The molecule has 0 aromatic heterocycles. The molecule has 0 amide bonds. The lowest BCUT2D eigenvalue weighted by Crippen LogP contribution is -2.14. The van der Waals surface area contributed by atoms with Crippen LogP contribution in [0.5, 0.6) is 5.75 Å². The molecule has 1 heteroatoms. The van der Waals surface area contributed by atoms with Gasteiger partial charge >= 0.3 is 0 Å². The van der Waals surface area contributed by atoms with Gasteiger partial charge in [0.1, 0.15) is 5.75 Å². The van der Waals surface area contributed by atoms with E-state index in [1.165, 1.54) is 0 Å². The second-order valence-electron chi connectivity index (χ2n) is 3.00. The zero-order chi connectivity index (χ0) is 11.3. The maximum Gasteiger partial charge on any atom is 0.119 e. The third-order valence-corrected chi connectivity index (χ3v) is 1.89. The largest absolute Gasteiger partial charge is 0.490 e. The molecule has 1 aromatic carbocycles. The van der Waals surface area contributed by atoms with Crippen LogP contribution < -0.4 is 4.74 Å². The Kier molecular flexibility index (Phi) is 3.22. The molecule has 72 valence electrons. The molecule has 1 rings (SSSR count). The summed E-state index contributed by atoms with van der Waals surface area (Å²) in [6.45, 7) is 3.60. The van der Waals surface area contributed by atoms with Gasteiger partial charge in [0, 0.05) is 2.74 Å². The van der Waals surface area contributed by atoms with Crippen LogP contribution in [-0.4, -0.2) is 6.10 Å². The van der Waals surface area contributed by atoms with Crippen molar-refractivity contribution >= 4 is 0 Å². The third-order valence-electron chi connectivity index (χ3n) is 1.89. The Morgan fingerprint density at radius 1 is 1.31 bits per heavy atom. The van der Waals surface area contributed by atoms with E-state index in [2.05, 4.69) is 0 Å². The van der Waals surface area contributed by atoms with Crippen molar-refractivity contribution in [1.29, 1.82) is 0 Å². The second kappa shape index (κ2) is 5.63. The third kappa shape index (κ3) is 3.49. The van der Waals surface area contributed by atoms with Crippen LogP contribution in [0.1, 0.15) is 35.8 Å². The van der Waals surface area contributed by atoms with Crippen LogP contribution in [0.2, 0.25) is 0 Å². The SMILES string of the molecule is [2H]C([2H])(C)C(CCC)Oc1ccccc1. The maximum absolute atomic E-state index is 7.68. The molecular weight excluding hydrogens is 160 g/mol. The molecule has 0 spiro atoms. The van der Waals surface area contributed by atoms with E-state index in [1.807, 2.05) is 37.3 Å². The van der Waals surface area contributed by atoms with Crippen LogP contribution in [0, 0.1) is 0 Å². The Morgan fingerprint density at radius 2 is 2.00 bits per heavy atom. The van der Waals surface area contributed by atoms with Crippen LogP contribution >= 0.6 is 0 Å². The van der Waals surface area contributed by atoms with Crippen molar-refractivity contribution in [3.63, 3.8) is 0 Å². The fourth-order valence-electron chi connectivity index (χ4n) is 1.19. The normalized spacial score (nSPS) is 15.8. The molecular formula is C12H18O. The standard InChI is InChI=1S/C12H18O/c1-3-8-11(4-2)13-12-9-6-5-7-10-12/h5-7,9-11H,3-4,8H2,1-2H3/i4D2. The van der Waals surface area contributed by atoms with Crippen molar-refractivity contribution < 1.29 is 7.48 Å². The van der Waals surface area contributed by atoms with E-state index in [9.17, 15) is 0 Å². The van der Waals surface area contributed by atoms with Gasteiger partial charge in [-0.25, -0.2) is 0 Å². The van der Waals surface area contributed by atoms with Gasteiger partial charge in [0.05, 0.1) is 6.10 Å². The quantitative estimate of drug-likeness (QED) is 0.672. The Hall–Kier alpha value is -0.980. The number of benzene rings is 1. The molecule has 0 saturated heterocycles. The number of hydrogen-bond acceptors (Lipinski definition) is 1. The summed E-state index contributed by atoms with van der Waals surface area (Å²) in [6.07, 6.45) is -0.0142. The van der Waals surface area contributed by atoms with Crippen molar-refractivity contribution in [1.82, 2.24) is 0 Å². The molecule has 0 aliphatic heterocycles. The zero-order valence-corrected chi connectivity index (χ0v) is 8.29. The summed E-state index contributed by atoms with van der Waals surface area (Å²) >= 11 is 0. The maximum atomic E-state index is 7.68. The van der Waals surface area contributed by atoms with Gasteiger partial charge in [0.2, 0.25) is 0 Å². The molecule has 0 saturated carbocycles. The lowest BCUT2D eigenvalue weighted by Gasteiger charge is -2.16. The topological polar surface area (TPSA) is 9.23 Å². The number of ether oxygens (including phenoxy) is 1. The van der Waals surface area contributed by atoms with E-state index in [1.54, 1.807) is 6.92 Å². The number of hydrogen-bond donors (Lipinski definition) is 0. The Labute approximate surface area is 83.5 Å². The summed E-state index contributed by atoms with van der Waals surface area (Å²) in [5, 5.41) is 0. The van der Waals surface area contributed by atoms with E-state index in [0.717, 1.165) is 18.6 Å². The lowest BCUT2D eigenvalue weighted by molar-refractivity contribution is 0.186. The summed E-state index contributed by atoms with van der Waals surface area (Å²) in [6, 6.07) is 9.41. The summed E-state index contributed by atoms with van der Waals surface area (Å²) in [4.78, 5) is 0. The minimum atomic E-state index is -1.30. The summed E-state index contributed by atoms with van der Waals surface area (Å²) < 4.78 is 21.0. The van der Waals surface area contributed by atoms with E-state index in [-0.39, 0.29) is 6.10 Å². The van der Waals surface area contributed by atoms with Gasteiger partial charge in [0.15, 0.2) is 0 Å². The fraction of sp³-hybridized carbons (Fsp3) is 0.500. The first-order chi connectivity index (χ1) is 7.04.